The molecule has 1 saturated carbocycles. The molecule has 1 N–H and O–H groups in total. The van der Waals surface area contributed by atoms with E-state index in [-0.39, 0.29) is 25.7 Å². The van der Waals surface area contributed by atoms with Gasteiger partial charge >= 0.3 is 25.8 Å². The fourth-order valence-corrected chi connectivity index (χ4v) is 1.17. The molecule has 0 radical (unpaired) electrons. The zero-order chi connectivity index (χ0) is 5.98. The van der Waals surface area contributed by atoms with Crippen molar-refractivity contribution in [2.24, 2.45) is 5.92 Å². The number of carboxylic acid groups (broad SMARTS) is 1. The maximum absolute atomic E-state index is 10.2. The summed E-state index contributed by atoms with van der Waals surface area (Å²) in [5.41, 5.74) is 0. The Hall–Kier alpha value is 0.106. The van der Waals surface area contributed by atoms with Gasteiger partial charge in [0.25, 0.3) is 0 Å². The van der Waals surface area contributed by atoms with Crippen LogP contribution in [0.1, 0.15) is 25.7 Å². The number of aliphatic carboxylic acids is 1. The zero-order valence-corrected chi connectivity index (χ0v) is 4.76. The fourth-order valence-electron chi connectivity index (χ4n) is 1.17. The number of rotatable bonds is 1. The van der Waals surface area contributed by atoms with Gasteiger partial charge in [-0.3, -0.25) is 4.79 Å². The van der Waals surface area contributed by atoms with Crippen LogP contribution >= 0.6 is 0 Å². The Morgan fingerprint density at radius 1 is 1.33 bits per heavy atom. The maximum atomic E-state index is 10.2. The standard InChI is InChI=1S/C6H10O2.Ga.3H/c7-6(8)5-3-1-2-4-5;;;;/h5H,1-4H2,(H,7,8);;;;. The van der Waals surface area contributed by atoms with Gasteiger partial charge in [0.05, 0.1) is 5.92 Å². The molecule has 0 spiro atoms. The molecule has 0 atom stereocenters. The van der Waals surface area contributed by atoms with E-state index in [0.29, 0.717) is 0 Å². The van der Waals surface area contributed by atoms with Crippen molar-refractivity contribution in [3.63, 3.8) is 0 Å². The van der Waals surface area contributed by atoms with E-state index in [1.165, 1.54) is 0 Å². The van der Waals surface area contributed by atoms with Gasteiger partial charge in [0, 0.05) is 0 Å². The van der Waals surface area contributed by atoms with Crippen LogP contribution in [-0.4, -0.2) is 30.9 Å². The van der Waals surface area contributed by atoms with Crippen molar-refractivity contribution in [3.05, 3.63) is 0 Å². The third-order valence-electron chi connectivity index (χ3n) is 1.70. The van der Waals surface area contributed by atoms with Crippen LogP contribution in [0.2, 0.25) is 0 Å². The molecule has 0 aromatic carbocycles. The molecule has 1 aliphatic carbocycles. The van der Waals surface area contributed by atoms with Gasteiger partial charge in [-0.25, -0.2) is 0 Å². The van der Waals surface area contributed by atoms with Gasteiger partial charge in [0.15, 0.2) is 0 Å². The molecule has 52 valence electrons. The van der Waals surface area contributed by atoms with E-state index in [2.05, 4.69) is 0 Å². The van der Waals surface area contributed by atoms with Crippen molar-refractivity contribution >= 4 is 25.8 Å². The Labute approximate surface area is 67.7 Å². The molecule has 0 aromatic heterocycles. The molecule has 0 amide bonds. The van der Waals surface area contributed by atoms with Gasteiger partial charge < -0.3 is 5.11 Å². The van der Waals surface area contributed by atoms with E-state index >= 15 is 0 Å². The number of hydrogen-bond donors (Lipinski definition) is 1. The molecule has 0 aliphatic heterocycles. The summed E-state index contributed by atoms with van der Waals surface area (Å²) in [6.07, 6.45) is 4.01. The number of carbonyl (C=O) groups is 1. The van der Waals surface area contributed by atoms with Crippen LogP contribution < -0.4 is 0 Å². The molecule has 1 fully saturated rings. The van der Waals surface area contributed by atoms with Gasteiger partial charge in [0.2, 0.25) is 0 Å². The first kappa shape index (κ1) is 9.11. The predicted octanol–water partition coefficient (Wildman–Crippen LogP) is 0.0773. The summed E-state index contributed by atoms with van der Waals surface area (Å²) >= 11 is 0. The molecule has 2 nitrogen and oxygen atoms in total. The summed E-state index contributed by atoms with van der Waals surface area (Å²) in [6, 6.07) is 0. The average molecular weight is 187 g/mol. The van der Waals surface area contributed by atoms with E-state index in [9.17, 15) is 4.79 Å². The van der Waals surface area contributed by atoms with Crippen molar-refractivity contribution in [2.75, 3.05) is 0 Å². The van der Waals surface area contributed by atoms with Gasteiger partial charge in [-0.2, -0.15) is 0 Å². The Morgan fingerprint density at radius 3 is 2.00 bits per heavy atom. The monoisotopic (exact) mass is 186 g/mol. The molecule has 0 aromatic rings. The average Bonchev–Trinajstić information content (AvgIpc) is 2.12. The van der Waals surface area contributed by atoms with Crippen molar-refractivity contribution in [1.29, 1.82) is 0 Å². The summed E-state index contributed by atoms with van der Waals surface area (Å²) in [7, 11) is 0. The first-order chi connectivity index (χ1) is 3.80. The van der Waals surface area contributed by atoms with Gasteiger partial charge in [-0.1, -0.05) is 12.8 Å². The van der Waals surface area contributed by atoms with Gasteiger partial charge in [-0.15, -0.1) is 0 Å². The summed E-state index contributed by atoms with van der Waals surface area (Å²) in [4.78, 5) is 10.2. The third kappa shape index (κ3) is 2.45. The minimum absolute atomic E-state index is 0. The molecule has 1 rings (SSSR count). The van der Waals surface area contributed by atoms with Crippen LogP contribution in [-0.2, 0) is 4.79 Å². The SMILES string of the molecule is O=C(O)C1CCCC1.[GaH3]. The molecule has 0 saturated heterocycles. The van der Waals surface area contributed by atoms with E-state index in [0.717, 1.165) is 25.7 Å². The van der Waals surface area contributed by atoms with Crippen LogP contribution in [0.25, 0.3) is 0 Å². The van der Waals surface area contributed by atoms with E-state index in [1.807, 2.05) is 0 Å². The van der Waals surface area contributed by atoms with E-state index in [1.54, 1.807) is 0 Å². The first-order valence-corrected chi connectivity index (χ1v) is 3.03. The van der Waals surface area contributed by atoms with Crippen LogP contribution in [0, 0.1) is 5.92 Å². The molecule has 9 heavy (non-hydrogen) atoms. The Balaban J connectivity index is 0.000000640. The van der Waals surface area contributed by atoms with E-state index in [4.69, 9.17) is 5.11 Å². The third-order valence-corrected chi connectivity index (χ3v) is 1.70. The predicted molar refractivity (Wildman–Crippen MR) is 39.5 cm³/mol. The molecule has 1 aliphatic rings. The zero-order valence-electron chi connectivity index (χ0n) is 4.76. The van der Waals surface area contributed by atoms with Crippen LogP contribution in [0.4, 0.5) is 0 Å². The quantitative estimate of drug-likeness (QED) is 0.590. The minimum atomic E-state index is -0.609. The molecule has 3 heteroatoms. The molecule has 0 unspecified atom stereocenters. The second kappa shape index (κ2) is 4.01. The van der Waals surface area contributed by atoms with Crippen molar-refractivity contribution in [1.82, 2.24) is 0 Å². The summed E-state index contributed by atoms with van der Waals surface area (Å²) in [6.45, 7) is 0. The van der Waals surface area contributed by atoms with Crippen LogP contribution in [0.5, 0.6) is 0 Å². The van der Waals surface area contributed by atoms with Gasteiger partial charge in [0.1, 0.15) is 0 Å². The number of hydrogen-bond acceptors (Lipinski definition) is 1. The van der Waals surface area contributed by atoms with Crippen LogP contribution in [0.3, 0.4) is 0 Å². The summed E-state index contributed by atoms with van der Waals surface area (Å²) in [5, 5.41) is 8.41. The second-order valence-electron chi connectivity index (χ2n) is 2.32. The molecular weight excluding hydrogens is 174 g/mol. The summed E-state index contributed by atoms with van der Waals surface area (Å²) < 4.78 is 0. The molecular formula is C6H13GaO2. The second-order valence-corrected chi connectivity index (χ2v) is 2.32. The van der Waals surface area contributed by atoms with Crippen molar-refractivity contribution in [2.45, 2.75) is 25.7 Å². The number of carboxylic acids is 1. The van der Waals surface area contributed by atoms with Crippen molar-refractivity contribution in [3.8, 4) is 0 Å². The molecule has 0 bridgehead atoms. The Morgan fingerprint density at radius 2 is 1.78 bits per heavy atom. The Bertz CT molecular complexity index is 97.2. The van der Waals surface area contributed by atoms with Gasteiger partial charge in [-0.05, 0) is 12.8 Å². The topological polar surface area (TPSA) is 37.3 Å². The molecule has 0 heterocycles. The summed E-state index contributed by atoms with van der Waals surface area (Å²) in [5.74, 6) is -0.627. The van der Waals surface area contributed by atoms with Crippen LogP contribution in [0.15, 0.2) is 0 Å². The fraction of sp³-hybridized carbons (Fsp3) is 0.833. The van der Waals surface area contributed by atoms with Crippen molar-refractivity contribution < 1.29 is 9.90 Å². The van der Waals surface area contributed by atoms with E-state index < -0.39 is 5.97 Å². The first-order valence-electron chi connectivity index (χ1n) is 3.03. The normalized spacial score (nSPS) is 19.1. The Kier molecular flexibility index (Phi) is 4.06.